The molecule has 0 bridgehead atoms. The second kappa shape index (κ2) is 9.78. The summed E-state index contributed by atoms with van der Waals surface area (Å²) < 4.78 is 0. The van der Waals surface area contributed by atoms with Gasteiger partial charge in [-0.05, 0) is 31.1 Å². The Bertz CT molecular complexity index is 230. The molecule has 0 radical (unpaired) electrons. The molecule has 0 aromatic heterocycles. The third kappa shape index (κ3) is 5.73. The molecule has 0 aromatic carbocycles. The van der Waals surface area contributed by atoms with Crippen LogP contribution >= 0.6 is 0 Å². The van der Waals surface area contributed by atoms with Crippen molar-refractivity contribution in [3.05, 3.63) is 0 Å². The number of nitrogens with two attached hydrogens (primary N) is 1. The molecule has 1 fully saturated rings. The van der Waals surface area contributed by atoms with Crippen molar-refractivity contribution in [1.29, 1.82) is 0 Å². The molecule has 0 heterocycles. The highest BCUT2D eigenvalue weighted by molar-refractivity contribution is 4.82. The molecule has 2 nitrogen and oxygen atoms in total. The Balaban J connectivity index is 2.66. The van der Waals surface area contributed by atoms with Crippen LogP contribution in [0.1, 0.15) is 79.1 Å². The normalized spacial score (nSPS) is 19.2. The van der Waals surface area contributed by atoms with E-state index in [1.54, 1.807) is 0 Å². The predicted molar refractivity (Wildman–Crippen MR) is 89.9 cm³/mol. The lowest BCUT2D eigenvalue weighted by Gasteiger charge is -2.40. The molecule has 1 rings (SSSR count). The van der Waals surface area contributed by atoms with E-state index in [1.807, 2.05) is 0 Å². The van der Waals surface area contributed by atoms with Crippen LogP contribution in [0.15, 0.2) is 0 Å². The van der Waals surface area contributed by atoms with Crippen LogP contribution in [0.5, 0.6) is 0 Å². The molecule has 2 heteroatoms. The maximum Gasteiger partial charge on any atom is 0.0224 e. The molecule has 0 aromatic rings. The molecule has 20 heavy (non-hydrogen) atoms. The van der Waals surface area contributed by atoms with Gasteiger partial charge in [-0.3, -0.25) is 4.90 Å². The quantitative estimate of drug-likeness (QED) is 0.678. The summed E-state index contributed by atoms with van der Waals surface area (Å²) in [6.45, 7) is 11.4. The highest BCUT2D eigenvalue weighted by atomic mass is 15.2. The van der Waals surface area contributed by atoms with Gasteiger partial charge in [0.25, 0.3) is 0 Å². The van der Waals surface area contributed by atoms with Gasteiger partial charge in [0.05, 0.1) is 0 Å². The Kier molecular flexibility index (Phi) is 8.79. The molecule has 1 unspecified atom stereocenters. The number of rotatable bonds is 9. The fraction of sp³-hybridized carbons (Fsp3) is 1.00. The van der Waals surface area contributed by atoms with Crippen LogP contribution in [0.3, 0.4) is 0 Å². The second-order valence-electron chi connectivity index (χ2n) is 7.19. The van der Waals surface area contributed by atoms with E-state index < -0.39 is 0 Å². The summed E-state index contributed by atoms with van der Waals surface area (Å²) in [5, 5.41) is 0. The molecule has 120 valence electrons. The van der Waals surface area contributed by atoms with Crippen LogP contribution in [0, 0.1) is 11.8 Å². The number of hydrogen-bond acceptors (Lipinski definition) is 2. The molecule has 2 N–H and O–H groups in total. The van der Waals surface area contributed by atoms with Crippen molar-refractivity contribution in [3.8, 4) is 0 Å². The van der Waals surface area contributed by atoms with E-state index in [-0.39, 0.29) is 0 Å². The van der Waals surface area contributed by atoms with Crippen LogP contribution in [0.2, 0.25) is 0 Å². The van der Waals surface area contributed by atoms with Gasteiger partial charge in [-0.15, -0.1) is 0 Å². The zero-order valence-corrected chi connectivity index (χ0v) is 14.4. The highest BCUT2D eigenvalue weighted by Crippen LogP contribution is 2.29. The molecule has 1 atom stereocenters. The summed E-state index contributed by atoms with van der Waals surface area (Å²) in [5.74, 6) is 1.66. The van der Waals surface area contributed by atoms with Crippen LogP contribution < -0.4 is 5.73 Å². The number of nitrogens with zero attached hydrogens (tertiary/aromatic N) is 1. The molecular weight excluding hydrogens is 244 g/mol. The van der Waals surface area contributed by atoms with Crippen LogP contribution in [0.4, 0.5) is 0 Å². The maximum atomic E-state index is 6.17. The van der Waals surface area contributed by atoms with Gasteiger partial charge >= 0.3 is 0 Å². The Labute approximate surface area is 127 Å². The summed E-state index contributed by atoms with van der Waals surface area (Å²) in [4.78, 5) is 2.75. The lowest BCUT2D eigenvalue weighted by molar-refractivity contribution is 0.0908. The van der Waals surface area contributed by atoms with Gasteiger partial charge in [0.2, 0.25) is 0 Å². The van der Waals surface area contributed by atoms with E-state index in [9.17, 15) is 0 Å². The topological polar surface area (TPSA) is 29.3 Å². The van der Waals surface area contributed by atoms with Crippen LogP contribution in [-0.4, -0.2) is 30.1 Å². The van der Waals surface area contributed by atoms with E-state index in [2.05, 4.69) is 32.6 Å². The molecule has 0 amide bonds. The molecule has 1 aliphatic rings. The van der Waals surface area contributed by atoms with Crippen molar-refractivity contribution >= 4 is 0 Å². The first-order valence-corrected chi connectivity index (χ1v) is 9.08. The third-order valence-electron chi connectivity index (χ3n) is 5.06. The predicted octanol–water partition coefficient (Wildman–Crippen LogP) is 4.43. The van der Waals surface area contributed by atoms with Crippen molar-refractivity contribution < 1.29 is 0 Å². The third-order valence-corrected chi connectivity index (χ3v) is 5.06. The lowest BCUT2D eigenvalue weighted by Crippen LogP contribution is -2.49. The minimum absolute atomic E-state index is 0.602. The van der Waals surface area contributed by atoms with Crippen molar-refractivity contribution in [2.24, 2.45) is 17.6 Å². The number of hydrogen-bond donors (Lipinski definition) is 1. The minimum atomic E-state index is 0.602. The van der Waals surface area contributed by atoms with Gasteiger partial charge < -0.3 is 5.73 Å². The van der Waals surface area contributed by atoms with Crippen molar-refractivity contribution in [3.63, 3.8) is 0 Å². The molecule has 0 saturated heterocycles. The fourth-order valence-corrected chi connectivity index (χ4v) is 3.95. The molecule has 0 spiro atoms. The van der Waals surface area contributed by atoms with Crippen LogP contribution in [-0.2, 0) is 0 Å². The fourth-order valence-electron chi connectivity index (χ4n) is 3.95. The molecule has 0 aliphatic heterocycles. The average Bonchev–Trinajstić information content (AvgIpc) is 2.45. The van der Waals surface area contributed by atoms with Gasteiger partial charge in [0, 0.05) is 25.2 Å². The van der Waals surface area contributed by atoms with Crippen molar-refractivity contribution in [1.82, 2.24) is 4.90 Å². The molecular formula is C18H38N2. The van der Waals surface area contributed by atoms with E-state index in [0.717, 1.165) is 24.4 Å². The van der Waals surface area contributed by atoms with Crippen molar-refractivity contribution in [2.45, 2.75) is 91.1 Å². The standard InChI is InChI=1S/C18H38N2/c1-5-17(6-2)20(14-15(3)4)18(13-19)12-16-10-8-7-9-11-16/h15-18H,5-14,19H2,1-4H3. The Hall–Kier alpha value is -0.0800. The summed E-state index contributed by atoms with van der Waals surface area (Å²) in [7, 11) is 0. The Morgan fingerprint density at radius 3 is 2.05 bits per heavy atom. The first kappa shape index (κ1) is 18.0. The maximum absolute atomic E-state index is 6.17. The van der Waals surface area contributed by atoms with Gasteiger partial charge in [-0.25, -0.2) is 0 Å². The van der Waals surface area contributed by atoms with E-state index >= 15 is 0 Å². The van der Waals surface area contributed by atoms with E-state index in [1.165, 1.54) is 57.9 Å². The van der Waals surface area contributed by atoms with Gasteiger partial charge in [-0.2, -0.15) is 0 Å². The monoisotopic (exact) mass is 282 g/mol. The Morgan fingerprint density at radius 1 is 1.00 bits per heavy atom. The zero-order valence-electron chi connectivity index (χ0n) is 14.4. The second-order valence-corrected chi connectivity index (χ2v) is 7.19. The minimum Gasteiger partial charge on any atom is -0.329 e. The lowest BCUT2D eigenvalue weighted by atomic mass is 9.84. The Morgan fingerprint density at radius 2 is 1.60 bits per heavy atom. The smallest absolute Gasteiger partial charge is 0.0224 e. The highest BCUT2D eigenvalue weighted by Gasteiger charge is 2.27. The zero-order chi connectivity index (χ0) is 15.0. The van der Waals surface area contributed by atoms with Crippen molar-refractivity contribution in [2.75, 3.05) is 13.1 Å². The summed E-state index contributed by atoms with van der Waals surface area (Å²) in [6.07, 6.45) is 11.1. The first-order chi connectivity index (χ1) is 9.62. The summed E-state index contributed by atoms with van der Waals surface area (Å²) >= 11 is 0. The van der Waals surface area contributed by atoms with Gasteiger partial charge in [0.1, 0.15) is 0 Å². The molecule has 1 aliphatic carbocycles. The SMILES string of the molecule is CCC(CC)N(CC(C)C)C(CN)CC1CCCCC1. The average molecular weight is 283 g/mol. The van der Waals surface area contributed by atoms with Gasteiger partial charge in [-0.1, -0.05) is 59.8 Å². The summed E-state index contributed by atoms with van der Waals surface area (Å²) in [6, 6.07) is 1.32. The van der Waals surface area contributed by atoms with E-state index in [4.69, 9.17) is 5.73 Å². The van der Waals surface area contributed by atoms with E-state index in [0.29, 0.717) is 6.04 Å². The molecule has 1 saturated carbocycles. The summed E-state index contributed by atoms with van der Waals surface area (Å²) in [5.41, 5.74) is 6.17. The van der Waals surface area contributed by atoms with Gasteiger partial charge in [0.15, 0.2) is 0 Å². The largest absolute Gasteiger partial charge is 0.329 e. The van der Waals surface area contributed by atoms with Crippen LogP contribution in [0.25, 0.3) is 0 Å². The first-order valence-electron chi connectivity index (χ1n) is 9.08.